The summed E-state index contributed by atoms with van der Waals surface area (Å²) >= 11 is 0. The lowest BCUT2D eigenvalue weighted by Crippen LogP contribution is -2.38. The Morgan fingerprint density at radius 1 is 1.04 bits per heavy atom. The summed E-state index contributed by atoms with van der Waals surface area (Å²) in [5.74, 6) is 2.26. The summed E-state index contributed by atoms with van der Waals surface area (Å²) in [6.45, 7) is 5.67. The third kappa shape index (κ3) is 2.69. The summed E-state index contributed by atoms with van der Waals surface area (Å²) in [4.78, 5) is 11.1. The second-order valence-electron chi connectivity index (χ2n) is 6.17. The number of rotatable bonds is 2. The number of aromatic nitrogens is 4. The molecule has 0 spiro atoms. The molecule has 0 aliphatic carbocycles. The summed E-state index contributed by atoms with van der Waals surface area (Å²) in [7, 11) is -0.704. The smallest absolute Gasteiger partial charge is 0.168 e. The third-order valence-electron chi connectivity index (χ3n) is 4.27. The molecule has 0 unspecified atom stereocenters. The lowest BCUT2D eigenvalue weighted by Gasteiger charge is -2.27. The van der Waals surface area contributed by atoms with Crippen molar-refractivity contribution in [2.75, 3.05) is 29.5 Å². The lowest BCUT2D eigenvalue weighted by atomic mass is 10.1. The van der Waals surface area contributed by atoms with Gasteiger partial charge in [0.15, 0.2) is 5.65 Å². The maximum atomic E-state index is 11.6. The first-order valence-corrected chi connectivity index (χ1v) is 9.48. The lowest BCUT2D eigenvalue weighted by molar-refractivity contribution is 0.672. The largest absolute Gasteiger partial charge is 0.354 e. The van der Waals surface area contributed by atoms with Crippen LogP contribution >= 0.6 is 0 Å². The topological polar surface area (TPSA) is 63.9 Å². The van der Waals surface area contributed by atoms with Gasteiger partial charge in [-0.3, -0.25) is 4.21 Å². The standard InChI is InChI=1S/C17H19N5OS/c1-12-7-13(2)9-14(8-12)22-17-15(10-20-22)16(18-11-19-17)21-3-5-24(23)6-4-21/h7-11H,3-6H2,1-2H3. The van der Waals surface area contributed by atoms with Gasteiger partial charge in [0.25, 0.3) is 0 Å². The van der Waals surface area contributed by atoms with Gasteiger partial charge in [0.2, 0.25) is 0 Å². The van der Waals surface area contributed by atoms with E-state index in [1.54, 1.807) is 6.33 Å². The molecule has 0 bridgehead atoms. The summed E-state index contributed by atoms with van der Waals surface area (Å²) in [5.41, 5.74) is 4.20. The van der Waals surface area contributed by atoms with Gasteiger partial charge in [-0.1, -0.05) is 6.07 Å². The highest BCUT2D eigenvalue weighted by Crippen LogP contribution is 2.26. The highest BCUT2D eigenvalue weighted by molar-refractivity contribution is 7.85. The molecule has 3 aromatic rings. The number of hydrogen-bond donors (Lipinski definition) is 0. The molecule has 124 valence electrons. The molecule has 24 heavy (non-hydrogen) atoms. The van der Waals surface area contributed by atoms with Crippen LogP contribution in [-0.2, 0) is 10.8 Å². The minimum absolute atomic E-state index is 0.691. The third-order valence-corrected chi connectivity index (χ3v) is 5.55. The molecule has 0 radical (unpaired) electrons. The highest BCUT2D eigenvalue weighted by atomic mass is 32.2. The molecule has 0 atom stereocenters. The predicted octanol–water partition coefficient (Wildman–Crippen LogP) is 2.00. The van der Waals surface area contributed by atoms with Crippen molar-refractivity contribution >= 4 is 27.7 Å². The van der Waals surface area contributed by atoms with Gasteiger partial charge in [0.1, 0.15) is 12.1 Å². The van der Waals surface area contributed by atoms with Crippen molar-refractivity contribution in [2.24, 2.45) is 0 Å². The molecule has 1 aromatic carbocycles. The van der Waals surface area contributed by atoms with Crippen LogP contribution in [0.15, 0.2) is 30.7 Å². The van der Waals surface area contributed by atoms with Crippen molar-refractivity contribution in [3.63, 3.8) is 0 Å². The van der Waals surface area contributed by atoms with Crippen LogP contribution in [0.2, 0.25) is 0 Å². The van der Waals surface area contributed by atoms with Gasteiger partial charge >= 0.3 is 0 Å². The second-order valence-corrected chi connectivity index (χ2v) is 7.87. The molecular formula is C17H19N5OS. The number of fused-ring (bicyclic) bond motifs is 1. The maximum absolute atomic E-state index is 11.6. The molecule has 7 heteroatoms. The number of aryl methyl sites for hydroxylation is 2. The Kier molecular flexibility index (Phi) is 3.80. The van der Waals surface area contributed by atoms with Crippen LogP contribution in [0.5, 0.6) is 0 Å². The van der Waals surface area contributed by atoms with Crippen molar-refractivity contribution < 1.29 is 4.21 Å². The van der Waals surface area contributed by atoms with E-state index in [9.17, 15) is 4.21 Å². The Bertz CT molecular complexity index is 906. The van der Waals surface area contributed by atoms with Crippen molar-refractivity contribution in [3.8, 4) is 5.69 Å². The molecule has 0 saturated carbocycles. The summed E-state index contributed by atoms with van der Waals surface area (Å²) in [6, 6.07) is 6.35. The second kappa shape index (κ2) is 5.98. The zero-order valence-electron chi connectivity index (χ0n) is 13.8. The van der Waals surface area contributed by atoms with Crippen LogP contribution in [0.3, 0.4) is 0 Å². The molecule has 0 N–H and O–H groups in total. The first-order chi connectivity index (χ1) is 11.6. The minimum atomic E-state index is -0.704. The van der Waals surface area contributed by atoms with Gasteiger partial charge < -0.3 is 4.90 Å². The number of benzene rings is 1. The van der Waals surface area contributed by atoms with E-state index < -0.39 is 10.8 Å². The summed E-state index contributed by atoms with van der Waals surface area (Å²) < 4.78 is 13.5. The number of anilines is 1. The Hall–Kier alpha value is -2.28. The zero-order valence-corrected chi connectivity index (χ0v) is 14.6. The fraction of sp³-hybridized carbons (Fsp3) is 0.353. The van der Waals surface area contributed by atoms with Crippen molar-refractivity contribution in [3.05, 3.63) is 41.9 Å². The van der Waals surface area contributed by atoms with Gasteiger partial charge in [-0.2, -0.15) is 5.10 Å². The van der Waals surface area contributed by atoms with Gasteiger partial charge in [-0.15, -0.1) is 0 Å². The maximum Gasteiger partial charge on any atom is 0.168 e. The first-order valence-electron chi connectivity index (χ1n) is 7.99. The Morgan fingerprint density at radius 2 is 1.75 bits per heavy atom. The molecular weight excluding hydrogens is 322 g/mol. The van der Waals surface area contributed by atoms with Crippen LogP contribution in [0.1, 0.15) is 11.1 Å². The average molecular weight is 341 g/mol. The van der Waals surface area contributed by atoms with Gasteiger partial charge in [-0.05, 0) is 37.1 Å². The SMILES string of the molecule is Cc1cc(C)cc(-n2ncc3c(N4CCS(=O)CC4)ncnc32)c1. The molecule has 4 rings (SSSR count). The van der Waals surface area contributed by atoms with Crippen LogP contribution in [0.4, 0.5) is 5.82 Å². The molecule has 1 aliphatic rings. The van der Waals surface area contributed by atoms with Crippen LogP contribution < -0.4 is 4.90 Å². The zero-order chi connectivity index (χ0) is 16.7. The Morgan fingerprint density at radius 3 is 2.46 bits per heavy atom. The van der Waals surface area contributed by atoms with E-state index >= 15 is 0 Å². The minimum Gasteiger partial charge on any atom is -0.354 e. The monoisotopic (exact) mass is 341 g/mol. The molecule has 2 aromatic heterocycles. The molecule has 1 aliphatic heterocycles. The van der Waals surface area contributed by atoms with E-state index in [1.807, 2.05) is 10.9 Å². The highest BCUT2D eigenvalue weighted by Gasteiger charge is 2.20. The van der Waals surface area contributed by atoms with Crippen LogP contribution in [-0.4, -0.2) is 48.6 Å². The molecule has 6 nitrogen and oxygen atoms in total. The van der Waals surface area contributed by atoms with E-state index in [2.05, 4.69) is 52.0 Å². The molecule has 1 saturated heterocycles. The number of nitrogens with zero attached hydrogens (tertiary/aromatic N) is 5. The number of hydrogen-bond acceptors (Lipinski definition) is 5. The van der Waals surface area contributed by atoms with E-state index in [0.29, 0.717) is 11.5 Å². The molecule has 1 fully saturated rings. The van der Waals surface area contributed by atoms with E-state index in [4.69, 9.17) is 0 Å². The van der Waals surface area contributed by atoms with Crippen molar-refractivity contribution in [2.45, 2.75) is 13.8 Å². The van der Waals surface area contributed by atoms with Crippen LogP contribution in [0.25, 0.3) is 16.7 Å². The van der Waals surface area contributed by atoms with Crippen molar-refractivity contribution in [1.29, 1.82) is 0 Å². The van der Waals surface area contributed by atoms with Gasteiger partial charge in [0, 0.05) is 35.4 Å². The first kappa shape index (κ1) is 15.3. The fourth-order valence-electron chi connectivity index (χ4n) is 3.20. The average Bonchev–Trinajstić information content (AvgIpc) is 2.99. The van der Waals surface area contributed by atoms with E-state index in [1.165, 1.54) is 11.1 Å². The van der Waals surface area contributed by atoms with E-state index in [0.717, 1.165) is 35.6 Å². The van der Waals surface area contributed by atoms with Gasteiger partial charge in [0.05, 0.1) is 17.3 Å². The summed E-state index contributed by atoms with van der Waals surface area (Å²) in [5, 5.41) is 5.48. The van der Waals surface area contributed by atoms with Crippen molar-refractivity contribution in [1.82, 2.24) is 19.7 Å². The Labute approximate surface area is 143 Å². The van der Waals surface area contributed by atoms with Crippen LogP contribution in [0, 0.1) is 13.8 Å². The normalized spacial score (nSPS) is 16.0. The Balaban J connectivity index is 1.80. The quantitative estimate of drug-likeness (QED) is 0.713. The predicted molar refractivity (Wildman–Crippen MR) is 96.2 cm³/mol. The summed E-state index contributed by atoms with van der Waals surface area (Å²) in [6.07, 6.45) is 3.41. The molecule has 3 heterocycles. The molecule has 0 amide bonds. The van der Waals surface area contributed by atoms with Gasteiger partial charge in [-0.25, -0.2) is 14.6 Å². The fourth-order valence-corrected chi connectivity index (χ4v) is 4.25. The van der Waals surface area contributed by atoms with E-state index in [-0.39, 0.29) is 0 Å².